The zero-order valence-electron chi connectivity index (χ0n) is 6.83. The highest BCUT2D eigenvalue weighted by atomic mass is 32.1. The fourth-order valence-corrected chi connectivity index (χ4v) is 1.60. The Morgan fingerprint density at radius 2 is 2.33 bits per heavy atom. The van der Waals surface area contributed by atoms with Crippen LogP contribution < -0.4 is 0 Å². The number of aromatic nitrogens is 4. The van der Waals surface area contributed by atoms with Crippen LogP contribution in [0.25, 0.3) is 11.0 Å². The van der Waals surface area contributed by atoms with Crippen LogP contribution in [0.3, 0.4) is 0 Å². The second-order valence-electron chi connectivity index (χ2n) is 2.67. The third-order valence-corrected chi connectivity index (χ3v) is 2.13. The Morgan fingerprint density at radius 1 is 1.58 bits per heavy atom. The zero-order chi connectivity index (χ0) is 8.72. The maximum absolute atomic E-state index is 5.12. The molecule has 0 saturated carbocycles. The number of H-pyrrole nitrogens is 1. The molecule has 0 aliphatic rings. The molecule has 2 aromatic heterocycles. The van der Waals surface area contributed by atoms with Gasteiger partial charge < -0.3 is 0 Å². The lowest BCUT2D eigenvalue weighted by atomic mass is 10.3. The van der Waals surface area contributed by atoms with Gasteiger partial charge in [-0.1, -0.05) is 12.2 Å². The van der Waals surface area contributed by atoms with Crippen LogP contribution in [-0.4, -0.2) is 20.0 Å². The summed E-state index contributed by atoms with van der Waals surface area (Å²) in [5.74, 6) is 0. The summed E-state index contributed by atoms with van der Waals surface area (Å²) in [6.07, 6.45) is 1.63. The summed E-state index contributed by atoms with van der Waals surface area (Å²) in [6, 6.07) is 0. The molecule has 62 valence electrons. The highest BCUT2D eigenvalue weighted by Gasteiger charge is 2.05. The second-order valence-corrected chi connectivity index (χ2v) is 3.11. The standard InChI is InChI=1S/C7H8N4S/c1-4-6-5(12)3-8-9-7(6)11(2)10-4/h3H,1-2H3,(H,9,12). The van der Waals surface area contributed by atoms with Crippen LogP contribution in [0.1, 0.15) is 5.69 Å². The molecule has 0 unspecified atom stereocenters. The van der Waals surface area contributed by atoms with Gasteiger partial charge in [0, 0.05) is 7.05 Å². The van der Waals surface area contributed by atoms with Crippen LogP contribution in [0, 0.1) is 11.4 Å². The molecule has 4 nitrogen and oxygen atoms in total. The molecule has 0 aromatic carbocycles. The normalized spacial score (nSPS) is 10.8. The van der Waals surface area contributed by atoms with Crippen molar-refractivity contribution in [3.8, 4) is 0 Å². The highest BCUT2D eigenvalue weighted by Crippen LogP contribution is 2.14. The molecule has 2 aromatic rings. The number of aryl methyl sites for hydroxylation is 2. The summed E-state index contributed by atoms with van der Waals surface area (Å²) in [5, 5.41) is 12.0. The van der Waals surface area contributed by atoms with Gasteiger partial charge in [0.25, 0.3) is 0 Å². The van der Waals surface area contributed by atoms with Gasteiger partial charge in [-0.25, -0.2) is 0 Å². The van der Waals surface area contributed by atoms with Crippen LogP contribution >= 0.6 is 12.2 Å². The number of rotatable bonds is 0. The van der Waals surface area contributed by atoms with Gasteiger partial charge in [-0.05, 0) is 6.92 Å². The van der Waals surface area contributed by atoms with Crippen LogP contribution in [0.2, 0.25) is 0 Å². The van der Waals surface area contributed by atoms with Crippen LogP contribution in [0.4, 0.5) is 0 Å². The predicted molar refractivity (Wildman–Crippen MR) is 48.4 cm³/mol. The molecule has 1 N–H and O–H groups in total. The highest BCUT2D eigenvalue weighted by molar-refractivity contribution is 7.71. The van der Waals surface area contributed by atoms with E-state index in [1.807, 2.05) is 14.0 Å². The molecule has 0 fully saturated rings. The van der Waals surface area contributed by atoms with Crippen molar-refractivity contribution in [2.24, 2.45) is 7.05 Å². The molecule has 0 saturated heterocycles. The Kier molecular flexibility index (Phi) is 1.47. The largest absolute Gasteiger partial charge is 0.261 e. The zero-order valence-corrected chi connectivity index (χ0v) is 7.64. The van der Waals surface area contributed by atoms with E-state index in [9.17, 15) is 0 Å². The van der Waals surface area contributed by atoms with Crippen molar-refractivity contribution in [2.45, 2.75) is 6.92 Å². The van der Waals surface area contributed by atoms with E-state index in [0.717, 1.165) is 21.2 Å². The molecule has 2 heterocycles. The van der Waals surface area contributed by atoms with Crippen molar-refractivity contribution in [1.29, 1.82) is 0 Å². The number of fused-ring (bicyclic) bond motifs is 1. The topological polar surface area (TPSA) is 46.5 Å². The van der Waals surface area contributed by atoms with Gasteiger partial charge in [0.15, 0.2) is 5.65 Å². The van der Waals surface area contributed by atoms with Gasteiger partial charge >= 0.3 is 0 Å². The monoisotopic (exact) mass is 180 g/mol. The van der Waals surface area contributed by atoms with Crippen molar-refractivity contribution < 1.29 is 0 Å². The Morgan fingerprint density at radius 3 is 3.00 bits per heavy atom. The van der Waals surface area contributed by atoms with Gasteiger partial charge in [-0.15, -0.1) is 0 Å². The molecule has 12 heavy (non-hydrogen) atoms. The average molecular weight is 180 g/mol. The fourth-order valence-electron chi connectivity index (χ4n) is 1.30. The maximum atomic E-state index is 5.12. The van der Waals surface area contributed by atoms with Gasteiger partial charge in [-0.2, -0.15) is 10.2 Å². The van der Waals surface area contributed by atoms with Crippen molar-refractivity contribution in [2.75, 3.05) is 0 Å². The molecule has 0 spiro atoms. The van der Waals surface area contributed by atoms with Crippen LogP contribution in [0.15, 0.2) is 6.20 Å². The number of nitrogens with one attached hydrogen (secondary N) is 1. The molecule has 0 atom stereocenters. The van der Waals surface area contributed by atoms with E-state index in [4.69, 9.17) is 12.2 Å². The number of hydrogen-bond acceptors (Lipinski definition) is 3. The van der Waals surface area contributed by atoms with Crippen molar-refractivity contribution in [3.05, 3.63) is 16.4 Å². The lowest BCUT2D eigenvalue weighted by molar-refractivity contribution is 0.766. The first-order valence-corrected chi connectivity index (χ1v) is 3.98. The van der Waals surface area contributed by atoms with Crippen LogP contribution in [0.5, 0.6) is 0 Å². The van der Waals surface area contributed by atoms with Crippen molar-refractivity contribution in [1.82, 2.24) is 20.0 Å². The fraction of sp³-hybridized carbons (Fsp3) is 0.286. The summed E-state index contributed by atoms with van der Waals surface area (Å²) >= 11 is 5.12. The Balaban J connectivity index is 3.09. The van der Waals surface area contributed by atoms with Gasteiger partial charge in [0.05, 0.1) is 21.8 Å². The van der Waals surface area contributed by atoms with Crippen LogP contribution in [-0.2, 0) is 7.05 Å². The summed E-state index contributed by atoms with van der Waals surface area (Å²) < 4.78 is 2.49. The summed E-state index contributed by atoms with van der Waals surface area (Å²) in [5.41, 5.74) is 1.82. The number of aromatic amines is 1. The second kappa shape index (κ2) is 2.38. The summed E-state index contributed by atoms with van der Waals surface area (Å²) in [7, 11) is 1.86. The van der Waals surface area contributed by atoms with E-state index < -0.39 is 0 Å². The van der Waals surface area contributed by atoms with Gasteiger partial charge in [-0.3, -0.25) is 9.78 Å². The van der Waals surface area contributed by atoms with E-state index >= 15 is 0 Å². The summed E-state index contributed by atoms with van der Waals surface area (Å²) in [4.78, 5) is 0. The molecular weight excluding hydrogens is 172 g/mol. The average Bonchev–Trinajstić information content (AvgIpc) is 2.29. The minimum absolute atomic E-state index is 0.745. The molecule has 2 rings (SSSR count). The lowest BCUT2D eigenvalue weighted by Crippen LogP contribution is -1.92. The van der Waals surface area contributed by atoms with E-state index in [1.165, 1.54) is 0 Å². The molecule has 0 radical (unpaired) electrons. The quantitative estimate of drug-likeness (QED) is 0.622. The third-order valence-electron chi connectivity index (χ3n) is 1.82. The Bertz CT molecular complexity index is 482. The minimum atomic E-state index is 0.745. The maximum Gasteiger partial charge on any atom is 0.153 e. The van der Waals surface area contributed by atoms with E-state index in [2.05, 4.69) is 15.3 Å². The Labute approximate surface area is 74.2 Å². The number of hydrogen-bond donors (Lipinski definition) is 1. The molecule has 5 heteroatoms. The SMILES string of the molecule is Cc1nn(C)c2[nH]ncc(=S)c12. The minimum Gasteiger partial charge on any atom is -0.261 e. The first-order valence-electron chi connectivity index (χ1n) is 3.57. The number of nitrogens with zero attached hydrogens (tertiary/aromatic N) is 3. The molecule has 0 bridgehead atoms. The van der Waals surface area contributed by atoms with E-state index in [1.54, 1.807) is 10.9 Å². The smallest absolute Gasteiger partial charge is 0.153 e. The summed E-state index contributed by atoms with van der Waals surface area (Å²) in [6.45, 7) is 1.94. The van der Waals surface area contributed by atoms with Gasteiger partial charge in [0.1, 0.15) is 0 Å². The lowest BCUT2D eigenvalue weighted by Gasteiger charge is -1.91. The van der Waals surface area contributed by atoms with Crippen molar-refractivity contribution >= 4 is 23.3 Å². The first-order chi connectivity index (χ1) is 5.70. The first kappa shape index (κ1) is 7.42. The van der Waals surface area contributed by atoms with E-state index in [0.29, 0.717) is 0 Å². The Hall–Kier alpha value is -1.23. The predicted octanol–water partition coefficient (Wildman–Crippen LogP) is 1.33. The van der Waals surface area contributed by atoms with Gasteiger partial charge in [0.2, 0.25) is 0 Å². The molecular formula is C7H8N4S. The molecule has 0 aliphatic heterocycles. The van der Waals surface area contributed by atoms with Crippen molar-refractivity contribution in [3.63, 3.8) is 0 Å². The molecule has 0 aliphatic carbocycles. The van der Waals surface area contributed by atoms with E-state index in [-0.39, 0.29) is 0 Å². The third kappa shape index (κ3) is 0.863. The molecule has 0 amide bonds.